The summed E-state index contributed by atoms with van der Waals surface area (Å²) in [7, 11) is -3.84. The number of benzene rings is 1. The van der Waals surface area contributed by atoms with E-state index in [0.717, 1.165) is 6.54 Å². The molecule has 1 aromatic rings. The minimum absolute atomic E-state index is 0.0160. The summed E-state index contributed by atoms with van der Waals surface area (Å²) in [4.78, 5) is 23.0. The van der Waals surface area contributed by atoms with Crippen molar-refractivity contribution in [2.24, 2.45) is 0 Å². The van der Waals surface area contributed by atoms with Gasteiger partial charge in [0.05, 0.1) is 10.9 Å². The molecule has 140 valence electrons. The van der Waals surface area contributed by atoms with Crippen LogP contribution in [0.4, 0.5) is 5.69 Å². The van der Waals surface area contributed by atoms with Crippen LogP contribution in [0.25, 0.3) is 0 Å². The summed E-state index contributed by atoms with van der Waals surface area (Å²) >= 11 is 0. The number of anilines is 1. The average molecular weight is 370 g/mol. The quantitative estimate of drug-likeness (QED) is 0.503. The Morgan fingerprint density at radius 2 is 1.72 bits per heavy atom. The molecular formula is C16H26N4O4S. The maximum absolute atomic E-state index is 12.3. The van der Waals surface area contributed by atoms with E-state index in [1.807, 2.05) is 13.8 Å². The van der Waals surface area contributed by atoms with Crippen LogP contribution in [0.2, 0.25) is 0 Å². The van der Waals surface area contributed by atoms with Crippen LogP contribution in [0.15, 0.2) is 29.2 Å². The van der Waals surface area contributed by atoms with Gasteiger partial charge >= 0.3 is 0 Å². The Hall–Kier alpha value is -1.97. The number of nitrogens with one attached hydrogen (secondary N) is 4. The van der Waals surface area contributed by atoms with Gasteiger partial charge in [-0.05, 0) is 44.7 Å². The topological polar surface area (TPSA) is 116 Å². The normalized spacial score (nSPS) is 13.8. The summed E-state index contributed by atoms with van der Waals surface area (Å²) < 4.78 is 27.0. The van der Waals surface area contributed by atoms with Crippen molar-refractivity contribution in [1.29, 1.82) is 0 Å². The molecular weight excluding hydrogens is 344 g/mol. The fourth-order valence-corrected chi connectivity index (χ4v) is 3.31. The number of amides is 2. The first-order valence-corrected chi connectivity index (χ1v) is 9.55. The van der Waals surface area contributed by atoms with E-state index in [2.05, 4.69) is 20.7 Å². The number of sulfonamides is 1. The first kappa shape index (κ1) is 21.1. The van der Waals surface area contributed by atoms with Crippen molar-refractivity contribution in [3.63, 3.8) is 0 Å². The van der Waals surface area contributed by atoms with E-state index in [-0.39, 0.29) is 16.8 Å². The molecule has 4 N–H and O–H groups in total. The highest BCUT2D eigenvalue weighted by atomic mass is 32.2. The summed E-state index contributed by atoms with van der Waals surface area (Å²) in [5, 5.41) is 8.40. The number of rotatable bonds is 9. The molecule has 0 bridgehead atoms. The van der Waals surface area contributed by atoms with Crippen molar-refractivity contribution >= 4 is 27.5 Å². The molecule has 8 nitrogen and oxygen atoms in total. The molecule has 0 aliphatic carbocycles. The van der Waals surface area contributed by atoms with E-state index in [1.54, 1.807) is 0 Å². The Morgan fingerprint density at radius 1 is 1.12 bits per heavy atom. The van der Waals surface area contributed by atoms with Gasteiger partial charge in [0.1, 0.15) is 0 Å². The van der Waals surface area contributed by atoms with Gasteiger partial charge in [0.2, 0.25) is 21.8 Å². The van der Waals surface area contributed by atoms with E-state index < -0.39 is 22.0 Å². The highest BCUT2D eigenvalue weighted by molar-refractivity contribution is 7.89. The van der Waals surface area contributed by atoms with Crippen LogP contribution >= 0.6 is 0 Å². The predicted octanol–water partition coefficient (Wildman–Crippen LogP) is 0.426. The largest absolute Gasteiger partial charge is 0.353 e. The fraction of sp³-hybridized carbons (Fsp3) is 0.500. The Labute approximate surface area is 148 Å². The van der Waals surface area contributed by atoms with Gasteiger partial charge < -0.3 is 16.0 Å². The van der Waals surface area contributed by atoms with Gasteiger partial charge in [-0.1, -0.05) is 6.92 Å². The Morgan fingerprint density at radius 3 is 2.24 bits per heavy atom. The number of carbonyl (C=O) groups is 2. The van der Waals surface area contributed by atoms with Crippen molar-refractivity contribution in [3.05, 3.63) is 24.3 Å². The third kappa shape index (κ3) is 7.20. The van der Waals surface area contributed by atoms with Gasteiger partial charge in [-0.3, -0.25) is 9.59 Å². The summed E-state index contributed by atoms with van der Waals surface area (Å²) in [6.07, 6.45) is 0. The van der Waals surface area contributed by atoms with Crippen LogP contribution in [-0.4, -0.2) is 45.4 Å². The molecule has 25 heavy (non-hydrogen) atoms. The lowest BCUT2D eigenvalue weighted by atomic mass is 10.3. The Bertz CT molecular complexity index is 689. The second-order valence-electron chi connectivity index (χ2n) is 5.75. The summed E-state index contributed by atoms with van der Waals surface area (Å²) in [6, 6.07) is 4.89. The SMILES string of the molecule is CCN[C@H](C)CNC(=O)C(C)NS(=O)(=O)c1ccc(NC(C)=O)cc1. The third-order valence-corrected chi connectivity index (χ3v) is 4.90. The zero-order valence-electron chi connectivity index (χ0n) is 14.9. The van der Waals surface area contributed by atoms with Crippen molar-refractivity contribution in [3.8, 4) is 0 Å². The smallest absolute Gasteiger partial charge is 0.241 e. The molecule has 0 aromatic heterocycles. The average Bonchev–Trinajstić information content (AvgIpc) is 2.52. The molecule has 1 rings (SSSR count). The van der Waals surface area contributed by atoms with E-state index in [1.165, 1.54) is 38.1 Å². The van der Waals surface area contributed by atoms with Gasteiger partial charge in [-0.25, -0.2) is 8.42 Å². The van der Waals surface area contributed by atoms with Crippen molar-refractivity contribution in [1.82, 2.24) is 15.4 Å². The summed E-state index contributed by atoms with van der Waals surface area (Å²) in [6.45, 7) is 7.93. The molecule has 1 aromatic carbocycles. The molecule has 0 heterocycles. The van der Waals surface area contributed by atoms with E-state index in [0.29, 0.717) is 12.2 Å². The van der Waals surface area contributed by atoms with Crippen LogP contribution in [0.5, 0.6) is 0 Å². The lowest BCUT2D eigenvalue weighted by Crippen LogP contribution is -2.48. The van der Waals surface area contributed by atoms with Gasteiger partial charge in [0.15, 0.2) is 0 Å². The standard InChI is InChI=1S/C16H26N4O4S/c1-5-17-11(2)10-18-16(22)12(3)20-25(23,24)15-8-6-14(7-9-15)19-13(4)21/h6-9,11-12,17,20H,5,10H2,1-4H3,(H,18,22)(H,19,21)/t11-,12?/m1/s1. The molecule has 0 aliphatic rings. The number of likely N-dealkylation sites (N-methyl/N-ethyl adjacent to an activating group) is 1. The molecule has 0 fully saturated rings. The zero-order valence-corrected chi connectivity index (χ0v) is 15.7. The minimum atomic E-state index is -3.84. The minimum Gasteiger partial charge on any atom is -0.353 e. The van der Waals surface area contributed by atoms with E-state index >= 15 is 0 Å². The molecule has 2 amide bonds. The maximum Gasteiger partial charge on any atom is 0.241 e. The lowest BCUT2D eigenvalue weighted by Gasteiger charge is -2.17. The maximum atomic E-state index is 12.3. The summed E-state index contributed by atoms with van der Waals surface area (Å²) in [5.74, 6) is -0.644. The van der Waals surface area contributed by atoms with Gasteiger partial charge in [-0.2, -0.15) is 4.72 Å². The molecule has 0 saturated heterocycles. The van der Waals surface area contributed by atoms with Crippen LogP contribution in [-0.2, 0) is 19.6 Å². The zero-order chi connectivity index (χ0) is 19.0. The lowest BCUT2D eigenvalue weighted by molar-refractivity contribution is -0.122. The van der Waals surface area contributed by atoms with Crippen LogP contribution in [0.3, 0.4) is 0 Å². The van der Waals surface area contributed by atoms with Gasteiger partial charge in [0.25, 0.3) is 0 Å². The van der Waals surface area contributed by atoms with Crippen LogP contribution in [0.1, 0.15) is 27.7 Å². The number of carbonyl (C=O) groups excluding carboxylic acids is 2. The van der Waals surface area contributed by atoms with Gasteiger partial charge in [0, 0.05) is 25.2 Å². The molecule has 0 radical (unpaired) electrons. The molecule has 0 spiro atoms. The molecule has 9 heteroatoms. The van der Waals surface area contributed by atoms with Crippen molar-refractivity contribution < 1.29 is 18.0 Å². The van der Waals surface area contributed by atoms with Crippen LogP contribution < -0.4 is 20.7 Å². The van der Waals surface area contributed by atoms with E-state index in [9.17, 15) is 18.0 Å². The molecule has 0 aliphatic heterocycles. The fourth-order valence-electron chi connectivity index (χ4n) is 2.10. The second kappa shape index (κ2) is 9.50. The highest BCUT2D eigenvalue weighted by Gasteiger charge is 2.22. The Balaban J connectivity index is 2.66. The molecule has 1 unspecified atom stereocenters. The first-order valence-electron chi connectivity index (χ1n) is 8.06. The van der Waals surface area contributed by atoms with Crippen molar-refractivity contribution in [2.75, 3.05) is 18.4 Å². The number of hydrogen-bond acceptors (Lipinski definition) is 5. The molecule has 0 saturated carbocycles. The van der Waals surface area contributed by atoms with Crippen molar-refractivity contribution in [2.45, 2.75) is 44.7 Å². The molecule has 2 atom stereocenters. The summed E-state index contributed by atoms with van der Waals surface area (Å²) in [5.41, 5.74) is 0.495. The monoisotopic (exact) mass is 370 g/mol. The second-order valence-corrected chi connectivity index (χ2v) is 7.47. The first-order chi connectivity index (χ1) is 11.7. The van der Waals surface area contributed by atoms with Crippen LogP contribution in [0, 0.1) is 0 Å². The third-order valence-electron chi connectivity index (χ3n) is 3.35. The van der Waals surface area contributed by atoms with Gasteiger partial charge in [-0.15, -0.1) is 0 Å². The van der Waals surface area contributed by atoms with E-state index in [4.69, 9.17) is 0 Å². The Kier molecular flexibility index (Phi) is 8.01. The highest BCUT2D eigenvalue weighted by Crippen LogP contribution is 2.14. The number of hydrogen-bond donors (Lipinski definition) is 4. The predicted molar refractivity (Wildman–Crippen MR) is 96.7 cm³/mol.